The number of imide groups is 1. The van der Waals surface area contributed by atoms with Crippen molar-refractivity contribution in [2.45, 2.75) is 20.6 Å². The van der Waals surface area contributed by atoms with Crippen molar-refractivity contribution in [1.29, 1.82) is 0 Å². The van der Waals surface area contributed by atoms with Gasteiger partial charge in [-0.3, -0.25) is 34.6 Å². The van der Waals surface area contributed by atoms with Crippen molar-refractivity contribution in [2.24, 2.45) is 11.8 Å². The van der Waals surface area contributed by atoms with E-state index in [1.165, 1.54) is 24.3 Å². The Balaban J connectivity index is 1.61. The number of hydrogen-bond donors (Lipinski definition) is 0. The zero-order valence-corrected chi connectivity index (χ0v) is 23.9. The maximum atomic E-state index is 13.9. The van der Waals surface area contributed by atoms with Gasteiger partial charge in [0.25, 0.3) is 29.1 Å². The normalized spacial score (nSPS) is 28.2. The molecule has 0 radical (unpaired) electrons. The van der Waals surface area contributed by atoms with E-state index >= 15 is 0 Å². The van der Waals surface area contributed by atoms with Crippen LogP contribution in [0, 0.1) is 32.1 Å². The SMILES string of the molecule is O=C(c1cccc([N+](=O)[O-])c1)N(Cc1ccc([N+](=O)[O-])cc1)N1C(=O)[C@@H]2[C@@H](C1=O)[C@@]1(Cl)C(Cl)=C(Cl)[C@@]2(Cl)C1(Cl)Cl. The smallest absolute Gasteiger partial charge is 0.272 e. The molecule has 2 aliphatic carbocycles. The third kappa shape index (κ3) is 3.61. The van der Waals surface area contributed by atoms with Crippen LogP contribution in [-0.2, 0) is 16.1 Å². The van der Waals surface area contributed by atoms with Crippen molar-refractivity contribution in [3.05, 3.63) is 90.0 Å². The number of nitro benzene ring substituents is 2. The van der Waals surface area contributed by atoms with Crippen LogP contribution in [0.15, 0.2) is 58.6 Å². The zero-order chi connectivity index (χ0) is 29.5. The monoisotopic (exact) mass is 666 g/mol. The number of rotatable bonds is 6. The van der Waals surface area contributed by atoms with Gasteiger partial charge < -0.3 is 0 Å². The number of hydrazine groups is 1. The maximum absolute atomic E-state index is 13.9. The number of amides is 3. The first-order valence-corrected chi connectivity index (χ1v) is 13.4. The van der Waals surface area contributed by atoms with E-state index in [1.54, 1.807) is 0 Å². The van der Waals surface area contributed by atoms with E-state index in [0.29, 0.717) is 5.01 Å². The highest BCUT2D eigenvalue weighted by atomic mass is 35.5. The van der Waals surface area contributed by atoms with Crippen molar-refractivity contribution in [3.63, 3.8) is 0 Å². The highest BCUT2D eigenvalue weighted by Gasteiger charge is 2.88. The first-order chi connectivity index (χ1) is 18.6. The quantitative estimate of drug-likeness (QED) is 0.171. The number of nitrogens with zero attached hydrogens (tertiary/aromatic N) is 4. The van der Waals surface area contributed by atoms with E-state index in [-0.39, 0.29) is 26.9 Å². The van der Waals surface area contributed by atoms with Gasteiger partial charge in [0.15, 0.2) is 4.33 Å². The number of hydrogen-bond acceptors (Lipinski definition) is 7. The van der Waals surface area contributed by atoms with Gasteiger partial charge >= 0.3 is 0 Å². The molecule has 2 aromatic carbocycles. The molecule has 2 fully saturated rings. The van der Waals surface area contributed by atoms with Crippen LogP contribution in [-0.4, -0.2) is 51.7 Å². The van der Waals surface area contributed by atoms with Crippen molar-refractivity contribution >= 4 is 98.7 Å². The Hall–Kier alpha value is -2.67. The fourth-order valence-corrected chi connectivity index (χ4v) is 8.18. The average molecular weight is 669 g/mol. The number of non-ortho nitro benzene ring substituents is 2. The van der Waals surface area contributed by atoms with Crippen molar-refractivity contribution in [1.82, 2.24) is 10.0 Å². The minimum atomic E-state index is -2.20. The second kappa shape index (κ2) is 9.43. The van der Waals surface area contributed by atoms with E-state index in [1.807, 2.05) is 0 Å². The van der Waals surface area contributed by atoms with Crippen LogP contribution < -0.4 is 0 Å². The number of carbonyl (C=O) groups excluding carboxylic acids is 3. The van der Waals surface area contributed by atoms with Gasteiger partial charge in [0.1, 0.15) is 9.75 Å². The highest BCUT2D eigenvalue weighted by Crippen LogP contribution is 2.77. The molecule has 208 valence electrons. The Morgan fingerprint density at radius 3 is 1.82 bits per heavy atom. The summed E-state index contributed by atoms with van der Waals surface area (Å²) in [6.45, 7) is -0.469. The molecule has 1 heterocycles. The first-order valence-electron chi connectivity index (χ1n) is 11.1. The number of nitro groups is 2. The summed E-state index contributed by atoms with van der Waals surface area (Å²) in [4.78, 5) is 58.3. The minimum Gasteiger partial charge on any atom is -0.272 e. The van der Waals surface area contributed by atoms with Crippen LogP contribution in [0.1, 0.15) is 15.9 Å². The lowest BCUT2D eigenvalue weighted by Crippen LogP contribution is -2.55. The van der Waals surface area contributed by atoms with Crippen LogP contribution in [0.3, 0.4) is 0 Å². The fourth-order valence-electron chi connectivity index (χ4n) is 5.25. The average Bonchev–Trinajstić information content (AvgIpc) is 3.30. The van der Waals surface area contributed by atoms with E-state index < -0.39 is 65.7 Å². The number of fused-ring (bicyclic) bond motifs is 5. The first kappa shape index (κ1) is 28.8. The molecule has 2 bridgehead atoms. The number of halogens is 6. The predicted molar refractivity (Wildman–Crippen MR) is 145 cm³/mol. The van der Waals surface area contributed by atoms with Gasteiger partial charge in [-0.1, -0.05) is 64.6 Å². The topological polar surface area (TPSA) is 144 Å². The van der Waals surface area contributed by atoms with E-state index in [4.69, 9.17) is 69.6 Å². The van der Waals surface area contributed by atoms with Gasteiger partial charge in [0.05, 0.1) is 38.3 Å². The molecular weight excluding hydrogens is 657 g/mol. The van der Waals surface area contributed by atoms with Gasteiger partial charge in [-0.2, -0.15) is 5.01 Å². The number of carbonyl (C=O) groups is 3. The van der Waals surface area contributed by atoms with Gasteiger partial charge in [-0.25, -0.2) is 5.01 Å². The second-order valence-electron chi connectivity index (χ2n) is 9.16. The minimum absolute atomic E-state index is 0.240. The number of benzene rings is 2. The van der Waals surface area contributed by atoms with Gasteiger partial charge in [0.2, 0.25) is 0 Å². The molecule has 40 heavy (non-hydrogen) atoms. The lowest BCUT2D eigenvalue weighted by molar-refractivity contribution is -0.385. The lowest BCUT2D eigenvalue weighted by Gasteiger charge is -2.37. The Morgan fingerprint density at radius 1 is 0.850 bits per heavy atom. The van der Waals surface area contributed by atoms with Crippen LogP contribution >= 0.6 is 69.6 Å². The Bertz CT molecular complexity index is 1520. The third-order valence-corrected chi connectivity index (χ3v) is 11.4. The molecule has 1 saturated carbocycles. The van der Waals surface area contributed by atoms with Crippen molar-refractivity contribution < 1.29 is 24.2 Å². The Morgan fingerprint density at radius 2 is 1.35 bits per heavy atom. The number of allylic oxidation sites excluding steroid dienone is 2. The standard InChI is InChI=1S/C23H12Cl6N4O7/c24-16-17(25)22(27)15-14(21(16,26)23(22,28)29)19(35)31(20(15)36)30(9-10-4-6-12(7-5-10)32(37)38)18(34)11-2-1-3-13(8-11)33(39)40/h1-8,14-15H,9H2/t14-,15-,21+,22+/m0/s1. The molecule has 0 unspecified atom stereocenters. The molecule has 3 amide bonds. The molecule has 17 heteroatoms. The zero-order valence-electron chi connectivity index (χ0n) is 19.4. The molecule has 1 aliphatic heterocycles. The van der Waals surface area contributed by atoms with Crippen molar-refractivity contribution in [2.75, 3.05) is 0 Å². The predicted octanol–water partition coefficient (Wildman–Crippen LogP) is 5.51. The highest BCUT2D eigenvalue weighted by molar-refractivity contribution is 6.66. The molecule has 5 rings (SSSR count). The maximum Gasteiger partial charge on any atom is 0.273 e. The summed E-state index contributed by atoms with van der Waals surface area (Å²) in [5.74, 6) is -6.12. The van der Waals surface area contributed by atoms with Crippen LogP contribution in [0.4, 0.5) is 11.4 Å². The summed E-state index contributed by atoms with van der Waals surface area (Å²) in [5.41, 5.74) is -0.643. The summed E-state index contributed by atoms with van der Waals surface area (Å²) < 4.78 is -2.20. The molecule has 0 spiro atoms. The van der Waals surface area contributed by atoms with Crippen LogP contribution in [0.2, 0.25) is 0 Å². The fraction of sp³-hybridized carbons (Fsp3) is 0.261. The van der Waals surface area contributed by atoms with Crippen LogP contribution in [0.5, 0.6) is 0 Å². The molecule has 0 N–H and O–H groups in total. The summed E-state index contributed by atoms with van der Waals surface area (Å²) in [6, 6.07) is 9.55. The van der Waals surface area contributed by atoms with Gasteiger partial charge in [0, 0.05) is 29.8 Å². The summed E-state index contributed by atoms with van der Waals surface area (Å²) in [5, 5.41) is 23.0. The number of alkyl halides is 4. The molecule has 0 aromatic heterocycles. The Labute approximate surface area is 254 Å². The van der Waals surface area contributed by atoms with E-state index in [0.717, 1.165) is 29.3 Å². The molecule has 11 nitrogen and oxygen atoms in total. The van der Waals surface area contributed by atoms with Gasteiger partial charge in [-0.15, -0.1) is 23.2 Å². The summed E-state index contributed by atoms with van der Waals surface area (Å²) in [7, 11) is 0. The molecule has 4 atom stereocenters. The summed E-state index contributed by atoms with van der Waals surface area (Å²) in [6.07, 6.45) is 0. The summed E-state index contributed by atoms with van der Waals surface area (Å²) >= 11 is 39.2. The molecule has 2 aromatic rings. The molecule has 1 saturated heterocycles. The molecule has 3 aliphatic rings. The largest absolute Gasteiger partial charge is 0.273 e. The Kier molecular flexibility index (Phi) is 6.80. The van der Waals surface area contributed by atoms with E-state index in [9.17, 15) is 34.6 Å². The van der Waals surface area contributed by atoms with Gasteiger partial charge in [-0.05, 0) is 11.6 Å². The lowest BCUT2D eigenvalue weighted by atomic mass is 9.84. The molecular formula is C23H12Cl6N4O7. The second-order valence-corrected chi connectivity index (χ2v) is 12.4. The van der Waals surface area contributed by atoms with Crippen molar-refractivity contribution in [3.8, 4) is 0 Å². The van der Waals surface area contributed by atoms with Crippen LogP contribution in [0.25, 0.3) is 0 Å². The van der Waals surface area contributed by atoms with E-state index in [2.05, 4.69) is 0 Å². The third-order valence-electron chi connectivity index (χ3n) is 7.14.